The molecule has 0 fully saturated rings. The molecule has 2 atom stereocenters. The maximum absolute atomic E-state index is 13.8. The molecule has 0 saturated heterocycles. The van der Waals surface area contributed by atoms with Crippen molar-refractivity contribution < 1.29 is 23.6 Å². The van der Waals surface area contributed by atoms with Crippen LogP contribution in [0.25, 0.3) is 10.4 Å². The van der Waals surface area contributed by atoms with Crippen LogP contribution in [0, 0.1) is 5.82 Å². The Balaban J connectivity index is 1.55. The van der Waals surface area contributed by atoms with Crippen molar-refractivity contribution >= 4 is 40.8 Å². The van der Waals surface area contributed by atoms with Gasteiger partial charge in [-0.05, 0) is 47.7 Å². The van der Waals surface area contributed by atoms with Gasteiger partial charge in [0.05, 0.1) is 10.7 Å². The third-order valence-corrected chi connectivity index (χ3v) is 7.24. The predicted octanol–water partition coefficient (Wildman–Crippen LogP) is 5.39. The summed E-state index contributed by atoms with van der Waals surface area (Å²) < 4.78 is 13.8. The van der Waals surface area contributed by atoms with Crippen molar-refractivity contribution in [3.05, 3.63) is 111 Å². The maximum atomic E-state index is 13.8. The van der Waals surface area contributed by atoms with Gasteiger partial charge in [-0.15, -0.1) is 0 Å². The number of carbonyl (C=O) groups is 4. The molecule has 10 nitrogen and oxygen atoms in total. The molecule has 1 aliphatic rings. The Morgan fingerprint density at radius 2 is 1.79 bits per heavy atom. The van der Waals surface area contributed by atoms with E-state index in [4.69, 9.17) is 17.1 Å². The zero-order valence-electron chi connectivity index (χ0n) is 22.5. The molecule has 0 aromatic heterocycles. The average Bonchev–Trinajstić information content (AvgIpc) is 3.00. The van der Waals surface area contributed by atoms with Gasteiger partial charge in [-0.1, -0.05) is 71.3 Å². The normalized spacial score (nSPS) is 14.6. The van der Waals surface area contributed by atoms with Crippen LogP contribution in [0.5, 0.6) is 0 Å². The van der Waals surface area contributed by atoms with Gasteiger partial charge >= 0.3 is 0 Å². The Morgan fingerprint density at radius 3 is 2.55 bits per heavy atom. The number of nitrogens with zero attached hydrogens (tertiary/aromatic N) is 4. The summed E-state index contributed by atoms with van der Waals surface area (Å²) in [6.45, 7) is 0.124. The summed E-state index contributed by atoms with van der Waals surface area (Å²) in [5, 5.41) is 8.75. The van der Waals surface area contributed by atoms with Crippen LogP contribution in [0.1, 0.15) is 46.8 Å². The lowest BCUT2D eigenvalue weighted by Crippen LogP contribution is -2.52. The zero-order chi connectivity index (χ0) is 30.1. The van der Waals surface area contributed by atoms with E-state index < -0.39 is 29.7 Å². The van der Waals surface area contributed by atoms with Crippen molar-refractivity contribution in [2.24, 2.45) is 5.11 Å². The first-order valence-electron chi connectivity index (χ1n) is 13.3. The number of rotatable bonds is 11. The number of anilines is 1. The highest BCUT2D eigenvalue weighted by molar-refractivity contribution is 6.33. The second kappa shape index (κ2) is 14.2. The molecule has 0 bridgehead atoms. The monoisotopic (exact) mass is 590 g/mol. The number of Topliss-reactive ketones (excluding diaryl/α,β-unsaturated/α-hetero) is 1. The van der Waals surface area contributed by atoms with E-state index in [0.29, 0.717) is 17.5 Å². The Kier molecular flexibility index (Phi) is 10.3. The molecule has 2 N–H and O–H groups in total. The van der Waals surface area contributed by atoms with E-state index in [-0.39, 0.29) is 54.8 Å². The van der Waals surface area contributed by atoms with Crippen molar-refractivity contribution in [3.63, 3.8) is 0 Å². The zero-order valence-corrected chi connectivity index (χ0v) is 23.3. The quantitative estimate of drug-likeness (QED) is 0.133. The summed E-state index contributed by atoms with van der Waals surface area (Å²) >= 11 is 6.10. The standard InChI is InChI=1S/C30H28ClFN6O4/c31-23-11-10-21(32)18-25(23)36-29(41)24(14-16-34-37-33)35-30(42)28-22-9-5-4-6-19(22)15-17-38(28)27(40)13-12-26(39)20-7-2-1-3-8-20/h1-11,18,24,28H,12-17H2,(H,35,42)(H,36,41)/t24?,28-/m0/s1. The average molecular weight is 591 g/mol. The summed E-state index contributed by atoms with van der Waals surface area (Å²) in [5.41, 5.74) is 10.7. The topological polar surface area (TPSA) is 144 Å². The summed E-state index contributed by atoms with van der Waals surface area (Å²) in [5.74, 6) is -2.53. The van der Waals surface area contributed by atoms with Gasteiger partial charge in [-0.3, -0.25) is 19.2 Å². The molecule has 1 unspecified atom stereocenters. The van der Waals surface area contributed by atoms with E-state index in [9.17, 15) is 23.6 Å². The Morgan fingerprint density at radius 1 is 1.05 bits per heavy atom. The van der Waals surface area contributed by atoms with Gasteiger partial charge in [0.1, 0.15) is 17.9 Å². The third kappa shape index (κ3) is 7.51. The Labute approximate surface area is 246 Å². The van der Waals surface area contributed by atoms with Crippen molar-refractivity contribution in [3.8, 4) is 0 Å². The molecule has 1 aliphatic heterocycles. The molecular weight excluding hydrogens is 563 g/mol. The molecule has 3 aromatic carbocycles. The maximum Gasteiger partial charge on any atom is 0.248 e. The number of hydrogen-bond acceptors (Lipinski definition) is 5. The second-order valence-electron chi connectivity index (χ2n) is 9.65. The fraction of sp³-hybridized carbons (Fsp3) is 0.267. The Hall–Kier alpha value is -4.73. The van der Waals surface area contributed by atoms with E-state index in [1.807, 2.05) is 12.1 Å². The SMILES string of the molecule is [N-]=[N+]=NCCC(NC(=O)[C@@H]1c2ccccc2CCN1C(=O)CCC(=O)c1ccccc1)C(=O)Nc1cc(F)ccc1Cl. The molecule has 0 aliphatic carbocycles. The summed E-state index contributed by atoms with van der Waals surface area (Å²) in [6.07, 6.45) is 0.319. The molecule has 42 heavy (non-hydrogen) atoms. The Bertz CT molecular complexity index is 1530. The van der Waals surface area contributed by atoms with Gasteiger partial charge in [0.15, 0.2) is 5.78 Å². The molecule has 12 heteroatoms. The number of carbonyl (C=O) groups excluding carboxylic acids is 4. The highest BCUT2D eigenvalue weighted by atomic mass is 35.5. The van der Waals surface area contributed by atoms with Crippen molar-refractivity contribution in [2.45, 2.75) is 37.8 Å². The summed E-state index contributed by atoms with van der Waals surface area (Å²) in [6, 6.07) is 17.0. The third-order valence-electron chi connectivity index (χ3n) is 6.91. The van der Waals surface area contributed by atoms with E-state index in [1.165, 1.54) is 11.0 Å². The fourth-order valence-corrected chi connectivity index (χ4v) is 4.98. The number of ketones is 1. The molecular formula is C30H28ClFN6O4. The molecule has 0 spiro atoms. The van der Waals surface area contributed by atoms with E-state index in [1.54, 1.807) is 42.5 Å². The number of amides is 3. The van der Waals surface area contributed by atoms with Gasteiger partial charge in [0, 0.05) is 36.4 Å². The number of halogens is 2. The van der Waals surface area contributed by atoms with E-state index in [0.717, 1.165) is 17.7 Å². The number of fused-ring (bicyclic) bond motifs is 1. The predicted molar refractivity (Wildman–Crippen MR) is 155 cm³/mol. The lowest BCUT2D eigenvalue weighted by atomic mass is 9.91. The lowest BCUT2D eigenvalue weighted by Gasteiger charge is -2.37. The van der Waals surface area contributed by atoms with Crippen LogP contribution in [0.2, 0.25) is 5.02 Å². The highest BCUT2D eigenvalue weighted by Crippen LogP contribution is 2.31. The highest BCUT2D eigenvalue weighted by Gasteiger charge is 2.37. The summed E-state index contributed by atoms with van der Waals surface area (Å²) in [7, 11) is 0. The number of nitrogens with one attached hydrogen (secondary N) is 2. The van der Waals surface area contributed by atoms with Crippen LogP contribution in [0.15, 0.2) is 77.9 Å². The number of azide groups is 1. The molecule has 1 heterocycles. The largest absolute Gasteiger partial charge is 0.342 e. The number of benzene rings is 3. The molecule has 0 saturated carbocycles. The van der Waals surface area contributed by atoms with Crippen LogP contribution in [-0.2, 0) is 20.8 Å². The molecule has 3 aromatic rings. The lowest BCUT2D eigenvalue weighted by molar-refractivity contribution is -0.142. The van der Waals surface area contributed by atoms with Gasteiger partial charge in [0.25, 0.3) is 0 Å². The molecule has 0 radical (unpaired) electrons. The van der Waals surface area contributed by atoms with Crippen molar-refractivity contribution in [2.75, 3.05) is 18.4 Å². The number of hydrogen-bond donors (Lipinski definition) is 2. The van der Waals surface area contributed by atoms with E-state index in [2.05, 4.69) is 20.7 Å². The first kappa shape index (κ1) is 30.2. The molecule has 216 valence electrons. The second-order valence-corrected chi connectivity index (χ2v) is 10.1. The first-order valence-corrected chi connectivity index (χ1v) is 13.7. The minimum Gasteiger partial charge on any atom is -0.342 e. The van der Waals surface area contributed by atoms with Gasteiger partial charge < -0.3 is 15.5 Å². The van der Waals surface area contributed by atoms with Crippen molar-refractivity contribution in [1.82, 2.24) is 10.2 Å². The minimum atomic E-state index is -1.20. The van der Waals surface area contributed by atoms with Crippen LogP contribution < -0.4 is 10.6 Å². The van der Waals surface area contributed by atoms with Crippen LogP contribution in [0.3, 0.4) is 0 Å². The van der Waals surface area contributed by atoms with E-state index >= 15 is 0 Å². The van der Waals surface area contributed by atoms with Gasteiger partial charge in [-0.25, -0.2) is 4.39 Å². The molecule has 4 rings (SSSR count). The minimum absolute atomic E-state index is 0.00704. The molecule has 3 amide bonds. The first-order chi connectivity index (χ1) is 20.3. The van der Waals surface area contributed by atoms with Crippen molar-refractivity contribution in [1.29, 1.82) is 0 Å². The van der Waals surface area contributed by atoms with Crippen LogP contribution in [0.4, 0.5) is 10.1 Å². The van der Waals surface area contributed by atoms with Gasteiger partial charge in [0.2, 0.25) is 17.7 Å². The van der Waals surface area contributed by atoms with Crippen LogP contribution in [-0.4, -0.2) is 47.5 Å². The fourth-order valence-electron chi connectivity index (χ4n) is 4.81. The van der Waals surface area contributed by atoms with Crippen LogP contribution >= 0.6 is 11.6 Å². The van der Waals surface area contributed by atoms with Gasteiger partial charge in [-0.2, -0.15) is 0 Å². The smallest absolute Gasteiger partial charge is 0.248 e. The summed E-state index contributed by atoms with van der Waals surface area (Å²) in [4.78, 5) is 57.2.